The Kier molecular flexibility index (Phi) is 8.47. The molecule has 0 radical (unpaired) electrons. The summed E-state index contributed by atoms with van der Waals surface area (Å²) in [6, 6.07) is 8.04. The molecule has 0 aliphatic carbocycles. The van der Waals surface area contributed by atoms with Gasteiger partial charge in [-0.1, -0.05) is 0 Å². The van der Waals surface area contributed by atoms with Gasteiger partial charge in [0.15, 0.2) is 6.10 Å². The molecule has 4 heterocycles. The third kappa shape index (κ3) is 6.61. The monoisotopic (exact) mass is 518 g/mol. The molecule has 3 amide bonds. The number of carbonyl (C=O) groups excluding carboxylic acids is 3. The first kappa shape index (κ1) is 26.5. The van der Waals surface area contributed by atoms with E-state index in [0.717, 1.165) is 25.2 Å². The molecule has 1 aromatic carbocycles. The predicted molar refractivity (Wildman–Crippen MR) is 138 cm³/mol. The maximum Gasteiger partial charge on any atom is 0.272 e. The second kappa shape index (κ2) is 12.1. The van der Waals surface area contributed by atoms with Crippen molar-refractivity contribution in [2.75, 3.05) is 33.7 Å². The fraction of sp³-hybridized carbons (Fsp3) is 0.333. The average Bonchev–Trinajstić information content (AvgIpc) is 3.20. The molecular weight excluding hydrogens is 488 g/mol. The Morgan fingerprint density at radius 3 is 2.32 bits per heavy atom. The summed E-state index contributed by atoms with van der Waals surface area (Å²) in [5, 5.41) is 2.57. The molecule has 1 unspecified atom stereocenters. The van der Waals surface area contributed by atoms with E-state index in [1.807, 2.05) is 6.92 Å². The van der Waals surface area contributed by atoms with Crippen LogP contribution >= 0.6 is 0 Å². The van der Waals surface area contributed by atoms with E-state index in [1.54, 1.807) is 65.8 Å². The molecule has 11 heteroatoms. The number of hydrogen-bond acceptors (Lipinski definition) is 8. The van der Waals surface area contributed by atoms with Crippen molar-refractivity contribution in [3.63, 3.8) is 0 Å². The van der Waals surface area contributed by atoms with Gasteiger partial charge in [0.1, 0.15) is 22.9 Å². The molecule has 2 saturated heterocycles. The minimum absolute atomic E-state index is 0.0960. The van der Waals surface area contributed by atoms with Gasteiger partial charge in [0.05, 0.1) is 11.9 Å². The zero-order chi connectivity index (χ0) is 27.1. The molecular formula is C27H30N6O5. The summed E-state index contributed by atoms with van der Waals surface area (Å²) in [6.07, 6.45) is 7.53. The number of aromatic nitrogens is 3. The number of carbonyl (C=O) groups is 3. The molecule has 2 aromatic heterocycles. The zero-order valence-electron chi connectivity index (χ0n) is 21.6. The molecule has 198 valence electrons. The van der Waals surface area contributed by atoms with E-state index in [2.05, 4.69) is 20.3 Å². The quantitative estimate of drug-likeness (QED) is 0.527. The van der Waals surface area contributed by atoms with Crippen LogP contribution in [0.4, 0.5) is 0 Å². The van der Waals surface area contributed by atoms with Crippen LogP contribution in [0.25, 0.3) is 0 Å². The molecule has 0 saturated carbocycles. The summed E-state index contributed by atoms with van der Waals surface area (Å²) in [5.41, 5.74) is 1.66. The summed E-state index contributed by atoms with van der Waals surface area (Å²) in [4.78, 5) is 51.9. The number of aryl methyl sites for hydroxylation is 1. The van der Waals surface area contributed by atoms with Crippen molar-refractivity contribution in [3.8, 4) is 17.2 Å². The van der Waals surface area contributed by atoms with E-state index >= 15 is 0 Å². The lowest BCUT2D eigenvalue weighted by molar-refractivity contribution is -0.132. The molecule has 38 heavy (non-hydrogen) atoms. The average molecular weight is 519 g/mol. The van der Waals surface area contributed by atoms with Crippen molar-refractivity contribution in [2.45, 2.75) is 25.9 Å². The minimum atomic E-state index is -0.591. The summed E-state index contributed by atoms with van der Waals surface area (Å²) >= 11 is 0. The first-order valence-electron chi connectivity index (χ1n) is 12.3. The number of ether oxygens (including phenoxy) is 2. The minimum Gasteiger partial charge on any atom is -0.480 e. The molecule has 2 aliphatic rings. The summed E-state index contributed by atoms with van der Waals surface area (Å²) in [5.74, 6) is 0.636. The van der Waals surface area contributed by atoms with Crippen LogP contribution in [0.2, 0.25) is 0 Å². The second-order valence-electron chi connectivity index (χ2n) is 8.90. The Morgan fingerprint density at radius 2 is 1.79 bits per heavy atom. The Labute approximate surface area is 220 Å². The standard InChI is InChI=1S/C22H24N4O5.C5H6N2/c1-23-20(27)14-10-16(12-17(11-14)31-19-6-9-25(2)22(19)29)30-15-4-5-18(24-13-15)21(28)26-7-3-8-26;1-5-4-6-2-3-7-5/h4-5,10-13,19H,3,6-9H2,1-2H3,(H,23,27);2-4H,1H3. The number of amides is 3. The lowest BCUT2D eigenvalue weighted by atomic mass is 10.2. The number of likely N-dealkylation sites (tertiary alicyclic amines) is 2. The third-order valence-corrected chi connectivity index (χ3v) is 6.05. The molecule has 1 N–H and O–H groups in total. The van der Waals surface area contributed by atoms with Gasteiger partial charge in [-0.05, 0) is 37.6 Å². The summed E-state index contributed by atoms with van der Waals surface area (Å²) in [6.45, 7) is 4.05. The lowest BCUT2D eigenvalue weighted by Gasteiger charge is -2.30. The molecule has 0 bridgehead atoms. The molecule has 2 fully saturated rings. The van der Waals surface area contributed by atoms with Crippen LogP contribution in [-0.4, -0.2) is 82.3 Å². The van der Waals surface area contributed by atoms with Crippen LogP contribution in [0.5, 0.6) is 17.2 Å². The van der Waals surface area contributed by atoms with E-state index < -0.39 is 6.10 Å². The molecule has 0 spiro atoms. The van der Waals surface area contributed by atoms with Gasteiger partial charge in [0, 0.05) is 70.4 Å². The van der Waals surface area contributed by atoms with E-state index in [0.29, 0.717) is 41.5 Å². The molecule has 11 nitrogen and oxygen atoms in total. The Hall–Kier alpha value is -4.54. The van der Waals surface area contributed by atoms with Gasteiger partial charge in [-0.15, -0.1) is 0 Å². The third-order valence-electron chi connectivity index (χ3n) is 6.05. The number of likely N-dealkylation sites (N-methyl/N-ethyl adjacent to an activating group) is 1. The molecule has 3 aromatic rings. The van der Waals surface area contributed by atoms with E-state index in [9.17, 15) is 14.4 Å². The summed E-state index contributed by atoms with van der Waals surface area (Å²) < 4.78 is 11.7. The maximum absolute atomic E-state index is 12.2. The number of pyridine rings is 1. The van der Waals surface area contributed by atoms with Crippen LogP contribution in [0.3, 0.4) is 0 Å². The number of nitrogens with one attached hydrogen (secondary N) is 1. The predicted octanol–water partition coefficient (Wildman–Crippen LogP) is 2.47. The van der Waals surface area contributed by atoms with Gasteiger partial charge in [-0.25, -0.2) is 4.98 Å². The van der Waals surface area contributed by atoms with Gasteiger partial charge in [-0.3, -0.25) is 24.4 Å². The van der Waals surface area contributed by atoms with Gasteiger partial charge >= 0.3 is 0 Å². The maximum atomic E-state index is 12.2. The fourth-order valence-electron chi connectivity index (χ4n) is 3.80. The van der Waals surface area contributed by atoms with E-state index in [4.69, 9.17) is 9.47 Å². The van der Waals surface area contributed by atoms with Crippen LogP contribution in [0, 0.1) is 6.92 Å². The van der Waals surface area contributed by atoms with Crippen molar-refractivity contribution < 1.29 is 23.9 Å². The molecule has 1 atom stereocenters. The highest BCUT2D eigenvalue weighted by molar-refractivity contribution is 5.95. The van der Waals surface area contributed by atoms with Crippen molar-refractivity contribution in [2.24, 2.45) is 0 Å². The first-order chi connectivity index (χ1) is 18.3. The molecule has 2 aliphatic heterocycles. The van der Waals surface area contributed by atoms with Crippen molar-refractivity contribution >= 4 is 17.7 Å². The highest BCUT2D eigenvalue weighted by Gasteiger charge is 2.31. The Balaban J connectivity index is 0.000000417. The molecule has 5 rings (SSSR count). The lowest BCUT2D eigenvalue weighted by Crippen LogP contribution is -2.42. The number of rotatable bonds is 6. The highest BCUT2D eigenvalue weighted by atomic mass is 16.5. The van der Waals surface area contributed by atoms with Crippen molar-refractivity contribution in [1.29, 1.82) is 0 Å². The fourth-order valence-corrected chi connectivity index (χ4v) is 3.80. The SMILES string of the molecule is CNC(=O)c1cc(Oc2ccc(C(=O)N3CCC3)nc2)cc(OC2CCN(C)C2=O)c1.Cc1cnccn1. The number of hydrogen-bond donors (Lipinski definition) is 1. The first-order valence-corrected chi connectivity index (χ1v) is 12.3. The topological polar surface area (TPSA) is 127 Å². The van der Waals surface area contributed by atoms with Crippen molar-refractivity contribution in [1.82, 2.24) is 30.1 Å². The van der Waals surface area contributed by atoms with Gasteiger partial charge in [0.2, 0.25) is 0 Å². The van der Waals surface area contributed by atoms with Crippen LogP contribution in [0.15, 0.2) is 55.1 Å². The van der Waals surface area contributed by atoms with Crippen LogP contribution < -0.4 is 14.8 Å². The second-order valence-corrected chi connectivity index (χ2v) is 8.90. The van der Waals surface area contributed by atoms with E-state index in [-0.39, 0.29) is 17.7 Å². The Morgan fingerprint density at radius 1 is 1.00 bits per heavy atom. The zero-order valence-corrected chi connectivity index (χ0v) is 21.6. The van der Waals surface area contributed by atoms with Crippen LogP contribution in [0.1, 0.15) is 39.4 Å². The largest absolute Gasteiger partial charge is 0.480 e. The van der Waals surface area contributed by atoms with Crippen LogP contribution in [-0.2, 0) is 4.79 Å². The smallest absolute Gasteiger partial charge is 0.272 e. The highest BCUT2D eigenvalue weighted by Crippen LogP contribution is 2.29. The Bertz CT molecular complexity index is 1280. The number of nitrogens with zero attached hydrogens (tertiary/aromatic N) is 5. The van der Waals surface area contributed by atoms with Gasteiger partial charge in [0.25, 0.3) is 17.7 Å². The normalized spacial score (nSPS) is 16.2. The van der Waals surface area contributed by atoms with E-state index in [1.165, 1.54) is 13.2 Å². The van der Waals surface area contributed by atoms with Gasteiger partial charge < -0.3 is 24.6 Å². The number of benzene rings is 1. The van der Waals surface area contributed by atoms with Crippen molar-refractivity contribution in [3.05, 3.63) is 72.1 Å². The van der Waals surface area contributed by atoms with Gasteiger partial charge in [-0.2, -0.15) is 0 Å². The summed E-state index contributed by atoms with van der Waals surface area (Å²) in [7, 11) is 3.26.